The molecule has 8 heteroatoms. The molecule has 1 aliphatic carbocycles. The van der Waals surface area contributed by atoms with Crippen molar-refractivity contribution in [1.29, 1.82) is 0 Å². The van der Waals surface area contributed by atoms with E-state index < -0.39 is 34.9 Å². The topological polar surface area (TPSA) is 75.6 Å². The number of hydrogen-bond acceptors (Lipinski definition) is 3. The van der Waals surface area contributed by atoms with Gasteiger partial charge in [0.15, 0.2) is 5.75 Å². The van der Waals surface area contributed by atoms with Gasteiger partial charge >= 0.3 is 12.1 Å². The lowest BCUT2D eigenvalue weighted by Crippen LogP contribution is -2.17. The van der Waals surface area contributed by atoms with Crippen LogP contribution < -0.4 is 10.1 Å². The largest absolute Gasteiger partial charge is 0.478 e. The lowest BCUT2D eigenvalue weighted by atomic mass is 10.1. The van der Waals surface area contributed by atoms with E-state index in [4.69, 9.17) is 9.84 Å². The van der Waals surface area contributed by atoms with Crippen molar-refractivity contribution >= 4 is 17.6 Å². The summed E-state index contributed by atoms with van der Waals surface area (Å²) in [6.07, 6.45) is -3.58. The Labute approximate surface area is 146 Å². The zero-order valence-electron chi connectivity index (χ0n) is 13.3. The molecule has 26 heavy (non-hydrogen) atoms. The molecule has 136 valence electrons. The van der Waals surface area contributed by atoms with Gasteiger partial charge in [-0.05, 0) is 37.1 Å². The molecule has 0 saturated heterocycles. The monoisotopic (exact) mass is 365 g/mol. The molecule has 0 aliphatic heterocycles. The van der Waals surface area contributed by atoms with Gasteiger partial charge in [-0.15, -0.1) is 0 Å². The molecular weight excluding hydrogens is 351 g/mol. The Morgan fingerprint density at radius 1 is 1.12 bits per heavy atom. The van der Waals surface area contributed by atoms with Gasteiger partial charge in [-0.1, -0.05) is 18.2 Å². The molecule has 0 unspecified atom stereocenters. The minimum Gasteiger partial charge on any atom is -0.478 e. The first-order chi connectivity index (χ1) is 12.3. The summed E-state index contributed by atoms with van der Waals surface area (Å²) in [5, 5.41) is 11.5. The number of carboxylic acids is 1. The zero-order chi connectivity index (χ0) is 18.9. The van der Waals surface area contributed by atoms with Crippen molar-refractivity contribution in [3.05, 3.63) is 53.6 Å². The molecule has 3 rings (SSSR count). The molecule has 1 saturated carbocycles. The van der Waals surface area contributed by atoms with Crippen LogP contribution in [0.15, 0.2) is 42.5 Å². The van der Waals surface area contributed by atoms with E-state index in [1.54, 1.807) is 18.2 Å². The number of benzene rings is 2. The van der Waals surface area contributed by atoms with Gasteiger partial charge in [-0.25, -0.2) is 4.79 Å². The Morgan fingerprint density at radius 3 is 2.31 bits per heavy atom. The van der Waals surface area contributed by atoms with Crippen molar-refractivity contribution in [2.75, 3.05) is 5.32 Å². The maximum Gasteiger partial charge on any atom is 0.420 e. The number of halogens is 3. The van der Waals surface area contributed by atoms with E-state index in [-0.39, 0.29) is 17.4 Å². The summed E-state index contributed by atoms with van der Waals surface area (Å²) in [7, 11) is 0. The molecule has 1 amide bonds. The Balaban J connectivity index is 2.12. The molecule has 2 aromatic rings. The Bertz CT molecular complexity index is 846. The van der Waals surface area contributed by atoms with Gasteiger partial charge in [0.2, 0.25) is 5.91 Å². The van der Waals surface area contributed by atoms with Crippen LogP contribution in [-0.4, -0.2) is 17.0 Å². The van der Waals surface area contributed by atoms with E-state index >= 15 is 0 Å². The van der Waals surface area contributed by atoms with Crippen molar-refractivity contribution in [2.24, 2.45) is 5.92 Å². The first kappa shape index (κ1) is 17.8. The van der Waals surface area contributed by atoms with Crippen molar-refractivity contribution in [1.82, 2.24) is 0 Å². The smallest absolute Gasteiger partial charge is 0.420 e. The molecule has 0 bridgehead atoms. The first-order valence-corrected chi connectivity index (χ1v) is 7.78. The van der Waals surface area contributed by atoms with E-state index in [1.807, 2.05) is 0 Å². The minimum atomic E-state index is -4.87. The second-order valence-electron chi connectivity index (χ2n) is 5.88. The third kappa shape index (κ3) is 3.96. The number of carboxylic acid groups (broad SMARTS) is 1. The highest BCUT2D eigenvalue weighted by Gasteiger charge is 2.38. The molecule has 1 fully saturated rings. The van der Waals surface area contributed by atoms with Crippen molar-refractivity contribution < 1.29 is 32.6 Å². The summed E-state index contributed by atoms with van der Waals surface area (Å²) in [5.41, 5.74) is -2.19. The fourth-order valence-corrected chi connectivity index (χ4v) is 2.35. The van der Waals surface area contributed by atoms with Crippen molar-refractivity contribution in [3.8, 4) is 11.5 Å². The number of carbonyl (C=O) groups excluding carboxylic acids is 1. The molecular formula is C18H14F3NO4. The molecule has 2 N–H and O–H groups in total. The summed E-state index contributed by atoms with van der Waals surface area (Å²) < 4.78 is 45.9. The van der Waals surface area contributed by atoms with Gasteiger partial charge in [-0.2, -0.15) is 13.2 Å². The van der Waals surface area contributed by atoms with Crippen LogP contribution in [-0.2, 0) is 11.0 Å². The Morgan fingerprint density at radius 2 is 1.77 bits per heavy atom. The van der Waals surface area contributed by atoms with Crippen LogP contribution in [0, 0.1) is 5.92 Å². The lowest BCUT2D eigenvalue weighted by Gasteiger charge is -2.19. The van der Waals surface area contributed by atoms with Gasteiger partial charge in [0.25, 0.3) is 0 Å². The molecule has 5 nitrogen and oxygen atoms in total. The number of anilines is 1. The number of amides is 1. The van der Waals surface area contributed by atoms with E-state index in [0.717, 1.165) is 6.07 Å². The number of hydrogen-bond donors (Lipinski definition) is 2. The number of nitrogens with one attached hydrogen (secondary N) is 1. The van der Waals surface area contributed by atoms with Crippen LogP contribution in [0.3, 0.4) is 0 Å². The van der Waals surface area contributed by atoms with E-state index in [0.29, 0.717) is 18.9 Å². The highest BCUT2D eigenvalue weighted by Crippen LogP contribution is 2.44. The average molecular weight is 365 g/mol. The van der Waals surface area contributed by atoms with E-state index in [2.05, 4.69) is 5.32 Å². The van der Waals surface area contributed by atoms with E-state index in [1.165, 1.54) is 12.1 Å². The van der Waals surface area contributed by atoms with Crippen molar-refractivity contribution in [2.45, 2.75) is 19.0 Å². The highest BCUT2D eigenvalue weighted by atomic mass is 19.4. The Hall–Kier alpha value is -3.03. The second-order valence-corrected chi connectivity index (χ2v) is 5.88. The van der Waals surface area contributed by atoms with Crippen LogP contribution in [0.1, 0.15) is 28.8 Å². The zero-order valence-corrected chi connectivity index (χ0v) is 13.3. The van der Waals surface area contributed by atoms with Crippen LogP contribution >= 0.6 is 0 Å². The van der Waals surface area contributed by atoms with Crippen LogP contribution in [0.2, 0.25) is 0 Å². The quantitative estimate of drug-likeness (QED) is 0.815. The molecule has 0 atom stereocenters. The third-order valence-corrected chi connectivity index (χ3v) is 3.81. The van der Waals surface area contributed by atoms with Gasteiger partial charge in [-0.3, -0.25) is 4.79 Å². The number of ether oxygens (including phenoxy) is 1. The normalized spacial score (nSPS) is 14.0. The SMILES string of the molecule is O=C(O)c1cc(NC(=O)C2CC2)c(Oc2ccccc2)c(C(F)(F)F)c1. The molecule has 0 heterocycles. The third-order valence-electron chi connectivity index (χ3n) is 3.81. The van der Waals surface area contributed by atoms with Gasteiger partial charge in [0.1, 0.15) is 11.3 Å². The Kier molecular flexibility index (Phi) is 4.58. The highest BCUT2D eigenvalue weighted by molar-refractivity contribution is 5.98. The summed E-state index contributed by atoms with van der Waals surface area (Å²) in [4.78, 5) is 23.2. The number of aromatic carboxylic acids is 1. The molecule has 1 aliphatic rings. The summed E-state index contributed by atoms with van der Waals surface area (Å²) in [6, 6.07) is 9.20. The maximum absolute atomic E-state index is 13.5. The predicted octanol–water partition coefficient (Wildman–Crippen LogP) is 4.54. The molecule has 2 aromatic carbocycles. The number of para-hydroxylation sites is 1. The fourth-order valence-electron chi connectivity index (χ4n) is 2.35. The van der Waals surface area contributed by atoms with Gasteiger partial charge in [0, 0.05) is 5.92 Å². The van der Waals surface area contributed by atoms with Crippen LogP contribution in [0.4, 0.5) is 18.9 Å². The molecule has 0 radical (unpaired) electrons. The van der Waals surface area contributed by atoms with Crippen LogP contribution in [0.25, 0.3) is 0 Å². The minimum absolute atomic E-state index is 0.128. The first-order valence-electron chi connectivity index (χ1n) is 7.78. The summed E-state index contributed by atoms with van der Waals surface area (Å²) in [5.74, 6) is -2.78. The number of rotatable bonds is 5. The summed E-state index contributed by atoms with van der Waals surface area (Å²) in [6.45, 7) is 0. The fraction of sp³-hybridized carbons (Fsp3) is 0.222. The van der Waals surface area contributed by atoms with E-state index in [9.17, 15) is 22.8 Å². The van der Waals surface area contributed by atoms with Gasteiger partial charge in [0.05, 0.1) is 11.3 Å². The number of alkyl halides is 3. The average Bonchev–Trinajstić information content (AvgIpc) is 3.41. The van der Waals surface area contributed by atoms with Crippen molar-refractivity contribution in [3.63, 3.8) is 0 Å². The molecule has 0 aromatic heterocycles. The number of carbonyl (C=O) groups is 2. The van der Waals surface area contributed by atoms with Crippen LogP contribution in [0.5, 0.6) is 11.5 Å². The van der Waals surface area contributed by atoms with Gasteiger partial charge < -0.3 is 15.2 Å². The predicted molar refractivity (Wildman–Crippen MR) is 86.3 cm³/mol. The standard InChI is InChI=1S/C18H14F3NO4/c19-18(20,21)13-8-11(17(24)25)9-14(22-16(23)10-6-7-10)15(13)26-12-4-2-1-3-5-12/h1-5,8-10H,6-7H2,(H,22,23)(H,24,25). The maximum atomic E-state index is 13.5. The molecule has 0 spiro atoms. The lowest BCUT2D eigenvalue weighted by molar-refractivity contribution is -0.138. The second kappa shape index (κ2) is 6.70. The summed E-state index contributed by atoms with van der Waals surface area (Å²) >= 11 is 0.